The Bertz CT molecular complexity index is 737. The zero-order valence-corrected chi connectivity index (χ0v) is 14.6. The predicted octanol–water partition coefficient (Wildman–Crippen LogP) is 4.28. The van der Waals surface area contributed by atoms with Gasteiger partial charge in [-0.05, 0) is 35.9 Å². The number of rotatable bonds is 4. The van der Waals surface area contributed by atoms with Crippen LogP contribution in [0.4, 0.5) is 0 Å². The molecule has 0 aliphatic carbocycles. The summed E-state index contributed by atoms with van der Waals surface area (Å²) in [7, 11) is 0. The molecule has 0 bridgehead atoms. The van der Waals surface area contributed by atoms with Crippen molar-refractivity contribution >= 4 is 23.4 Å². The molecule has 0 atom stereocenters. The summed E-state index contributed by atoms with van der Waals surface area (Å²) in [6.45, 7) is 5.15. The SMILES string of the molecule is CCN1CCc2nc(SCc3ccc(Cl)cc3)c(C#N)cc2C1. The van der Waals surface area contributed by atoms with E-state index >= 15 is 0 Å². The Labute approximate surface area is 146 Å². The monoisotopic (exact) mass is 343 g/mol. The Morgan fingerprint density at radius 3 is 2.83 bits per heavy atom. The maximum absolute atomic E-state index is 9.44. The van der Waals surface area contributed by atoms with Crippen molar-refractivity contribution in [3.8, 4) is 6.07 Å². The molecule has 5 heteroatoms. The number of benzene rings is 1. The summed E-state index contributed by atoms with van der Waals surface area (Å²) in [6.07, 6.45) is 0.962. The maximum atomic E-state index is 9.44. The van der Waals surface area contributed by atoms with E-state index in [0.29, 0.717) is 5.56 Å². The van der Waals surface area contributed by atoms with Crippen molar-refractivity contribution in [1.82, 2.24) is 9.88 Å². The van der Waals surface area contributed by atoms with Gasteiger partial charge < -0.3 is 0 Å². The summed E-state index contributed by atoms with van der Waals surface area (Å²) >= 11 is 7.53. The molecule has 0 unspecified atom stereocenters. The lowest BCUT2D eigenvalue weighted by Crippen LogP contribution is -2.31. The molecule has 1 aliphatic heterocycles. The van der Waals surface area contributed by atoms with Crippen LogP contribution in [0.3, 0.4) is 0 Å². The minimum atomic E-state index is 0.681. The Balaban J connectivity index is 1.79. The van der Waals surface area contributed by atoms with Crippen LogP contribution in [0.1, 0.15) is 29.3 Å². The van der Waals surface area contributed by atoms with Crippen molar-refractivity contribution in [3.05, 3.63) is 57.7 Å². The zero-order valence-electron chi connectivity index (χ0n) is 13.1. The van der Waals surface area contributed by atoms with Gasteiger partial charge in [-0.15, -0.1) is 11.8 Å². The molecule has 118 valence electrons. The first kappa shape index (κ1) is 16.3. The normalized spacial score (nSPS) is 14.3. The van der Waals surface area contributed by atoms with Gasteiger partial charge in [-0.3, -0.25) is 4.90 Å². The molecule has 0 N–H and O–H groups in total. The number of thioether (sulfide) groups is 1. The molecule has 0 saturated heterocycles. The minimum Gasteiger partial charge on any atom is -0.299 e. The number of hydrogen-bond acceptors (Lipinski definition) is 4. The molecule has 2 aromatic rings. The second-order valence-electron chi connectivity index (χ2n) is 5.59. The molecular formula is C18H18ClN3S. The number of nitrogens with zero attached hydrogens (tertiary/aromatic N) is 3. The average molecular weight is 344 g/mol. The van der Waals surface area contributed by atoms with E-state index in [4.69, 9.17) is 16.6 Å². The third-order valence-corrected chi connectivity index (χ3v) is 5.39. The fourth-order valence-corrected chi connectivity index (χ4v) is 3.76. The number of fused-ring (bicyclic) bond motifs is 1. The first-order valence-electron chi connectivity index (χ1n) is 7.72. The van der Waals surface area contributed by atoms with Crippen molar-refractivity contribution in [2.75, 3.05) is 13.1 Å². The molecule has 1 aromatic carbocycles. The van der Waals surface area contributed by atoms with E-state index in [2.05, 4.69) is 17.9 Å². The second kappa shape index (κ2) is 7.35. The lowest BCUT2D eigenvalue weighted by molar-refractivity contribution is 0.265. The number of halogens is 1. The van der Waals surface area contributed by atoms with Gasteiger partial charge in [-0.2, -0.15) is 5.26 Å². The van der Waals surface area contributed by atoms with E-state index in [1.165, 1.54) is 11.1 Å². The van der Waals surface area contributed by atoms with Crippen LogP contribution in [0, 0.1) is 11.3 Å². The molecule has 3 nitrogen and oxygen atoms in total. The first-order valence-corrected chi connectivity index (χ1v) is 9.08. The van der Waals surface area contributed by atoms with Gasteiger partial charge in [0, 0.05) is 36.0 Å². The van der Waals surface area contributed by atoms with E-state index in [-0.39, 0.29) is 0 Å². The van der Waals surface area contributed by atoms with Gasteiger partial charge >= 0.3 is 0 Å². The van der Waals surface area contributed by atoms with Crippen LogP contribution < -0.4 is 0 Å². The van der Waals surface area contributed by atoms with Crippen molar-refractivity contribution in [2.24, 2.45) is 0 Å². The molecule has 1 aliphatic rings. The second-order valence-corrected chi connectivity index (χ2v) is 6.99. The number of aromatic nitrogens is 1. The summed E-state index contributed by atoms with van der Waals surface area (Å²) in [5, 5.41) is 11.0. The Hall–Kier alpha value is -1.54. The molecule has 0 amide bonds. The van der Waals surface area contributed by atoms with E-state index < -0.39 is 0 Å². The van der Waals surface area contributed by atoms with Crippen LogP contribution >= 0.6 is 23.4 Å². The van der Waals surface area contributed by atoms with Crippen molar-refractivity contribution in [2.45, 2.75) is 30.7 Å². The third kappa shape index (κ3) is 3.87. The van der Waals surface area contributed by atoms with Crippen LogP contribution in [-0.2, 0) is 18.7 Å². The molecule has 2 heterocycles. The molecule has 23 heavy (non-hydrogen) atoms. The molecule has 0 spiro atoms. The maximum Gasteiger partial charge on any atom is 0.114 e. The summed E-state index contributed by atoms with van der Waals surface area (Å²) in [5.74, 6) is 0.790. The molecule has 1 aromatic heterocycles. The van der Waals surface area contributed by atoms with Crippen molar-refractivity contribution in [3.63, 3.8) is 0 Å². The highest BCUT2D eigenvalue weighted by atomic mass is 35.5. The highest BCUT2D eigenvalue weighted by Gasteiger charge is 2.19. The predicted molar refractivity (Wildman–Crippen MR) is 94.6 cm³/mol. The average Bonchev–Trinajstić information content (AvgIpc) is 2.59. The van der Waals surface area contributed by atoms with Crippen LogP contribution in [-0.4, -0.2) is 23.0 Å². The molecule has 0 saturated carbocycles. The van der Waals surface area contributed by atoms with Gasteiger partial charge in [0.2, 0.25) is 0 Å². The smallest absolute Gasteiger partial charge is 0.114 e. The minimum absolute atomic E-state index is 0.681. The molecule has 3 rings (SSSR count). The van der Waals surface area contributed by atoms with Crippen LogP contribution in [0.25, 0.3) is 0 Å². The lowest BCUT2D eigenvalue weighted by Gasteiger charge is -2.27. The molecule has 0 fully saturated rings. The van der Waals surface area contributed by atoms with E-state index in [9.17, 15) is 5.26 Å². The van der Waals surface area contributed by atoms with Crippen LogP contribution in [0.2, 0.25) is 5.02 Å². The Kier molecular flexibility index (Phi) is 5.22. The van der Waals surface area contributed by atoms with Gasteiger partial charge in [-0.25, -0.2) is 4.98 Å². The zero-order chi connectivity index (χ0) is 16.2. The van der Waals surface area contributed by atoms with Crippen molar-refractivity contribution < 1.29 is 0 Å². The quantitative estimate of drug-likeness (QED) is 0.777. The topological polar surface area (TPSA) is 39.9 Å². The molecular weight excluding hydrogens is 326 g/mol. The standard InChI is InChI=1S/C18H18ClN3S/c1-2-22-8-7-17-15(11-22)9-14(10-20)18(21-17)23-12-13-3-5-16(19)6-4-13/h3-6,9H,2,7-8,11-12H2,1H3. The Morgan fingerprint density at radius 1 is 1.35 bits per heavy atom. The van der Waals surface area contributed by atoms with Crippen LogP contribution in [0.5, 0.6) is 0 Å². The number of nitriles is 1. The summed E-state index contributed by atoms with van der Waals surface area (Å²) in [4.78, 5) is 7.15. The fraction of sp³-hybridized carbons (Fsp3) is 0.333. The first-order chi connectivity index (χ1) is 11.2. The Morgan fingerprint density at radius 2 is 2.13 bits per heavy atom. The van der Waals surface area contributed by atoms with Gasteiger partial charge in [0.15, 0.2) is 0 Å². The molecule has 0 radical (unpaired) electrons. The van der Waals surface area contributed by atoms with E-state index in [1.54, 1.807) is 11.8 Å². The van der Waals surface area contributed by atoms with E-state index in [1.807, 2.05) is 30.3 Å². The highest BCUT2D eigenvalue weighted by molar-refractivity contribution is 7.98. The number of hydrogen-bond donors (Lipinski definition) is 0. The number of likely N-dealkylation sites (N-methyl/N-ethyl adjacent to an activating group) is 1. The van der Waals surface area contributed by atoms with E-state index in [0.717, 1.165) is 47.6 Å². The van der Waals surface area contributed by atoms with Gasteiger partial charge in [0.1, 0.15) is 11.1 Å². The van der Waals surface area contributed by atoms with Gasteiger partial charge in [0.05, 0.1) is 5.56 Å². The highest BCUT2D eigenvalue weighted by Crippen LogP contribution is 2.28. The number of pyridine rings is 1. The largest absolute Gasteiger partial charge is 0.299 e. The lowest BCUT2D eigenvalue weighted by atomic mass is 10.0. The van der Waals surface area contributed by atoms with Gasteiger partial charge in [0.25, 0.3) is 0 Å². The van der Waals surface area contributed by atoms with Gasteiger partial charge in [-0.1, -0.05) is 30.7 Å². The summed E-state index contributed by atoms with van der Waals surface area (Å²) in [6, 6.07) is 12.1. The summed E-state index contributed by atoms with van der Waals surface area (Å²) in [5.41, 5.74) is 4.21. The summed E-state index contributed by atoms with van der Waals surface area (Å²) < 4.78 is 0. The van der Waals surface area contributed by atoms with Crippen LogP contribution in [0.15, 0.2) is 35.4 Å². The third-order valence-electron chi connectivity index (χ3n) is 4.07. The fourth-order valence-electron chi connectivity index (χ4n) is 2.70. The van der Waals surface area contributed by atoms with Crippen molar-refractivity contribution in [1.29, 1.82) is 5.26 Å².